The Kier molecular flexibility index (Phi) is 13.8. The Morgan fingerprint density at radius 2 is 1.33 bits per heavy atom. The van der Waals surface area contributed by atoms with Crippen LogP contribution in [-0.4, -0.2) is 113 Å². The summed E-state index contributed by atoms with van der Waals surface area (Å²) in [4.78, 5) is 36.6. The minimum absolute atomic E-state index is 0.177. The van der Waals surface area contributed by atoms with Crippen molar-refractivity contribution in [1.82, 2.24) is 45.1 Å². The number of halogens is 3. The molecule has 304 valence electrons. The summed E-state index contributed by atoms with van der Waals surface area (Å²) in [5.41, 5.74) is -1.06. The molecule has 21 heteroatoms. The second kappa shape index (κ2) is 17.7. The van der Waals surface area contributed by atoms with Crippen LogP contribution >= 0.6 is 83.8 Å². The fourth-order valence-corrected chi connectivity index (χ4v) is 11.0. The maximum atomic E-state index is 12.3. The lowest BCUT2D eigenvalue weighted by atomic mass is 9.76. The van der Waals surface area contributed by atoms with Gasteiger partial charge in [-0.2, -0.15) is 9.03 Å². The van der Waals surface area contributed by atoms with Crippen LogP contribution in [0, 0.1) is 31.1 Å². The van der Waals surface area contributed by atoms with Crippen molar-refractivity contribution >= 4 is 111 Å². The van der Waals surface area contributed by atoms with Crippen LogP contribution in [0.15, 0.2) is 16.3 Å². The maximum absolute atomic E-state index is 12.3. The number of aliphatic hydroxyl groups is 2. The van der Waals surface area contributed by atoms with E-state index < -0.39 is 35.6 Å². The number of carbonyl (C=O) groups excluding carboxylic acids is 2. The van der Waals surface area contributed by atoms with Crippen LogP contribution in [0.4, 0.5) is 14.7 Å². The normalized spacial score (nSPS) is 27.7. The lowest BCUT2D eigenvalue weighted by molar-refractivity contribution is 0.0184. The average molecular weight is 1090 g/mol. The van der Waals surface area contributed by atoms with Gasteiger partial charge in [0.15, 0.2) is 3.92 Å². The van der Waals surface area contributed by atoms with Crippen LogP contribution in [0.1, 0.15) is 67.2 Å². The molecule has 16 nitrogen and oxygen atoms in total. The van der Waals surface area contributed by atoms with Gasteiger partial charge in [0, 0.05) is 25.6 Å². The smallest absolute Gasteiger partial charge is 0.407 e. The molecule has 8 atom stereocenters. The van der Waals surface area contributed by atoms with Crippen molar-refractivity contribution in [2.75, 3.05) is 31.1 Å². The van der Waals surface area contributed by atoms with E-state index in [0.29, 0.717) is 24.2 Å². The number of ether oxygens (including phenoxy) is 2. The molecule has 2 saturated heterocycles. The van der Waals surface area contributed by atoms with Gasteiger partial charge in [0.05, 0.1) is 36.7 Å². The number of hydrogen-bond donors (Lipinski definition) is 5. The molecule has 4 aliphatic rings. The molecule has 55 heavy (non-hydrogen) atoms. The summed E-state index contributed by atoms with van der Waals surface area (Å²) in [6.45, 7) is 14.5. The number of alkyl carbamates (subject to hydrolysis) is 2. The Hall–Kier alpha value is -1.64. The summed E-state index contributed by atoms with van der Waals surface area (Å²) >= 11 is 10.8. The van der Waals surface area contributed by atoms with Gasteiger partial charge in [-0.1, -0.05) is 22.7 Å². The number of aliphatic hydroxyl groups excluding tert-OH is 2. The minimum Gasteiger partial charge on any atom is -0.444 e. The van der Waals surface area contributed by atoms with Crippen molar-refractivity contribution in [3.63, 3.8) is 0 Å². The Labute approximate surface area is 363 Å². The second-order valence-corrected chi connectivity index (χ2v) is 21.7. The van der Waals surface area contributed by atoms with Gasteiger partial charge in [0.25, 0.3) is 0 Å². The van der Waals surface area contributed by atoms with E-state index in [4.69, 9.17) is 9.47 Å². The Balaban J connectivity index is 0.000000157. The number of amides is 2. The fraction of sp³-hybridized carbons (Fsp3) is 0.706. The van der Waals surface area contributed by atoms with Crippen molar-refractivity contribution in [2.45, 2.75) is 103 Å². The zero-order valence-corrected chi connectivity index (χ0v) is 39.1. The van der Waals surface area contributed by atoms with E-state index in [1.165, 1.54) is 11.3 Å². The van der Waals surface area contributed by atoms with Gasteiger partial charge >= 0.3 is 12.2 Å². The highest BCUT2D eigenvalue weighted by atomic mass is 127. The molecule has 2 aliphatic heterocycles. The lowest BCUT2D eigenvalue weighted by Crippen LogP contribution is -2.54. The van der Waals surface area contributed by atoms with Crippen LogP contribution in [0.25, 0.3) is 9.92 Å². The Morgan fingerprint density at radius 1 is 0.800 bits per heavy atom. The van der Waals surface area contributed by atoms with Gasteiger partial charge in [0.1, 0.15) is 18.6 Å². The molecule has 0 bridgehead atoms. The van der Waals surface area contributed by atoms with Crippen molar-refractivity contribution in [3.8, 4) is 0 Å². The number of carbonyl (C=O) groups is 2. The molecule has 2 amide bonds. The molecule has 0 radical (unpaired) electrons. The third-order valence-corrected chi connectivity index (χ3v) is 13.8. The van der Waals surface area contributed by atoms with Gasteiger partial charge in [-0.05, 0) is 153 Å². The zero-order chi connectivity index (χ0) is 39.8. The van der Waals surface area contributed by atoms with Crippen molar-refractivity contribution in [2.24, 2.45) is 23.7 Å². The predicted molar refractivity (Wildman–Crippen MR) is 231 cm³/mol. The zero-order valence-electron chi connectivity index (χ0n) is 31.5. The highest BCUT2D eigenvalue weighted by Gasteiger charge is 2.46. The molecule has 8 rings (SSSR count). The number of aromatic nitrogens is 6. The number of nitrogens with one attached hydrogen (secondary N) is 3. The summed E-state index contributed by atoms with van der Waals surface area (Å²) in [6, 6.07) is -0.485. The largest absolute Gasteiger partial charge is 0.444 e. The SMILES string of the molecule is Brc1nn2c(I)cnc2s1.CC(C)(C)OC(=O)N[C@H]1[C@H]2CN(c3nn4c(I)cnc4s3)C[C@H]2CC[C@H]1O.CC(C)(C)OC(=O)N[C@H]1[C@H]2CNC[C@H]2CC[C@H]1O. The summed E-state index contributed by atoms with van der Waals surface area (Å²) in [5, 5.41) is 39.5. The first-order valence-corrected chi connectivity index (χ1v) is 22.9. The number of rotatable bonds is 3. The summed E-state index contributed by atoms with van der Waals surface area (Å²) in [5.74, 6) is 1.48. The average Bonchev–Trinajstić information content (AvgIpc) is 3.92. The van der Waals surface area contributed by atoms with Crippen LogP contribution in [-0.2, 0) is 9.47 Å². The van der Waals surface area contributed by atoms with Crippen LogP contribution < -0.4 is 20.9 Å². The maximum Gasteiger partial charge on any atom is 0.407 e. The van der Waals surface area contributed by atoms with Gasteiger partial charge in [-0.3, -0.25) is 0 Å². The third-order valence-electron chi connectivity index (χ3n) is 9.99. The van der Waals surface area contributed by atoms with E-state index in [0.717, 1.165) is 71.8 Å². The Morgan fingerprint density at radius 3 is 1.87 bits per heavy atom. The number of fused-ring (bicyclic) bond motifs is 4. The Bertz CT molecular complexity index is 1950. The first kappa shape index (κ1) is 43.0. The molecular formula is C34H49BrI2N10O6S2. The number of imidazole rings is 2. The molecule has 5 N–H and O–H groups in total. The molecule has 4 fully saturated rings. The standard InChI is InChI=1S/C17H24IN5O3S.C13H24N2O3.C4HBrIN3S/c1-17(2,3)26-16(25)20-13-10-8-22(7-9(10)4-5-11(13)24)15-21-23-12(18)6-19-14(23)27-15;1-13(2,3)18-12(17)15-11-9-7-14-6-8(9)4-5-10(11)16;5-3-8-9-2(6)1-7-4(9)10-3/h6,9-11,13,24H,4-5,7-8H2,1-3H3,(H,20,25);8-11,14,16H,4-7H2,1-3H3,(H,15,17);1H/t9-,10+,11-,13+;8-,9+,10-,11+;/m11./s1. The van der Waals surface area contributed by atoms with Crippen molar-refractivity contribution in [1.29, 1.82) is 0 Å². The molecule has 4 aromatic heterocycles. The number of hydrogen-bond acceptors (Lipinski definition) is 14. The van der Waals surface area contributed by atoms with E-state index in [9.17, 15) is 19.8 Å². The van der Waals surface area contributed by atoms with E-state index in [1.807, 2.05) is 52.3 Å². The molecule has 2 saturated carbocycles. The third kappa shape index (κ3) is 10.9. The molecule has 6 heterocycles. The predicted octanol–water partition coefficient (Wildman–Crippen LogP) is 5.52. The summed E-state index contributed by atoms with van der Waals surface area (Å²) in [6.07, 6.45) is 5.13. The second-order valence-electron chi connectivity index (χ2n) is 16.3. The van der Waals surface area contributed by atoms with E-state index >= 15 is 0 Å². The van der Waals surface area contributed by atoms with Crippen LogP contribution in [0.2, 0.25) is 0 Å². The minimum atomic E-state index is -0.558. The highest BCUT2D eigenvalue weighted by Crippen LogP contribution is 2.40. The number of anilines is 1. The fourth-order valence-electron chi connectivity index (χ4n) is 7.68. The summed E-state index contributed by atoms with van der Waals surface area (Å²) < 4.78 is 17.2. The monoisotopic (exact) mass is 1090 g/mol. The molecule has 2 aliphatic carbocycles. The lowest BCUT2D eigenvalue weighted by Gasteiger charge is -2.37. The first-order chi connectivity index (χ1) is 25.8. The first-order valence-electron chi connectivity index (χ1n) is 18.3. The molecular weight excluding hydrogens is 1040 g/mol. The molecule has 0 unspecified atom stereocenters. The highest BCUT2D eigenvalue weighted by molar-refractivity contribution is 14.1. The van der Waals surface area contributed by atoms with E-state index in [1.54, 1.807) is 22.0 Å². The van der Waals surface area contributed by atoms with Crippen molar-refractivity contribution in [3.05, 3.63) is 23.7 Å². The number of nitrogens with zero attached hydrogens (tertiary/aromatic N) is 7. The van der Waals surface area contributed by atoms with Gasteiger partial charge < -0.3 is 40.5 Å². The topological polar surface area (TPSA) is 193 Å². The van der Waals surface area contributed by atoms with E-state index in [-0.39, 0.29) is 18.0 Å². The van der Waals surface area contributed by atoms with Gasteiger partial charge in [0.2, 0.25) is 15.1 Å². The van der Waals surface area contributed by atoms with Gasteiger partial charge in [-0.15, -0.1) is 10.2 Å². The van der Waals surface area contributed by atoms with E-state index in [2.05, 4.69) is 102 Å². The van der Waals surface area contributed by atoms with Crippen LogP contribution in [0.5, 0.6) is 0 Å². The summed E-state index contributed by atoms with van der Waals surface area (Å²) in [7, 11) is 0. The van der Waals surface area contributed by atoms with Crippen LogP contribution in [0.3, 0.4) is 0 Å². The van der Waals surface area contributed by atoms with Gasteiger partial charge in [-0.25, -0.2) is 19.6 Å². The molecule has 0 aromatic carbocycles. The quantitative estimate of drug-likeness (QED) is 0.162. The van der Waals surface area contributed by atoms with Crippen molar-refractivity contribution < 1.29 is 29.3 Å². The molecule has 4 aromatic rings. The molecule has 0 spiro atoms.